The number of sulfonamides is 1. The zero-order chi connectivity index (χ0) is 12.9. The molecule has 1 saturated heterocycles. The van der Waals surface area contributed by atoms with E-state index in [1.807, 2.05) is 6.92 Å². The number of nitrogens with one attached hydrogen (secondary N) is 1. The van der Waals surface area contributed by atoms with E-state index < -0.39 is 10.0 Å². The Morgan fingerprint density at radius 1 is 1.53 bits per heavy atom. The summed E-state index contributed by atoms with van der Waals surface area (Å²) >= 11 is 0. The second kappa shape index (κ2) is 6.68. The van der Waals surface area contributed by atoms with Gasteiger partial charge in [-0.3, -0.25) is 0 Å². The van der Waals surface area contributed by atoms with Crippen molar-refractivity contribution in [1.29, 1.82) is 0 Å². The molecule has 1 aliphatic heterocycles. The lowest BCUT2D eigenvalue weighted by molar-refractivity contribution is 0.0627. The Kier molecular flexibility index (Phi) is 5.85. The standard InChI is InChI=1S/C11H24N2O3S/c1-10(14)11-5-3-7-13(9-11)8-4-6-12-17(2,15)16/h10-12,14H,3-9H2,1-2H3. The molecule has 0 aromatic rings. The molecule has 0 bridgehead atoms. The highest BCUT2D eigenvalue weighted by Crippen LogP contribution is 2.19. The van der Waals surface area contributed by atoms with Crippen molar-refractivity contribution in [2.24, 2.45) is 5.92 Å². The van der Waals surface area contributed by atoms with Crippen LogP contribution in [0.1, 0.15) is 26.2 Å². The Morgan fingerprint density at radius 2 is 2.24 bits per heavy atom. The number of likely N-dealkylation sites (tertiary alicyclic amines) is 1. The molecule has 0 aromatic carbocycles. The van der Waals surface area contributed by atoms with Crippen molar-refractivity contribution in [2.45, 2.75) is 32.3 Å². The highest BCUT2D eigenvalue weighted by Gasteiger charge is 2.22. The van der Waals surface area contributed by atoms with E-state index in [-0.39, 0.29) is 6.10 Å². The second-order valence-electron chi connectivity index (χ2n) is 4.96. The first-order valence-electron chi connectivity index (χ1n) is 6.23. The molecule has 2 N–H and O–H groups in total. The fraction of sp³-hybridized carbons (Fsp3) is 1.00. The molecule has 0 radical (unpaired) electrons. The summed E-state index contributed by atoms with van der Waals surface area (Å²) in [6.45, 7) is 5.22. The van der Waals surface area contributed by atoms with Crippen molar-refractivity contribution in [1.82, 2.24) is 9.62 Å². The normalized spacial score (nSPS) is 24.8. The molecule has 1 rings (SSSR count). The van der Waals surface area contributed by atoms with Crippen LogP contribution in [0.15, 0.2) is 0 Å². The van der Waals surface area contributed by atoms with Crippen molar-refractivity contribution in [3.63, 3.8) is 0 Å². The number of hydrogen-bond acceptors (Lipinski definition) is 4. The minimum absolute atomic E-state index is 0.244. The third kappa shape index (κ3) is 6.35. The molecule has 0 aliphatic carbocycles. The van der Waals surface area contributed by atoms with Crippen LogP contribution in [0.3, 0.4) is 0 Å². The third-order valence-electron chi connectivity index (χ3n) is 3.24. The molecule has 0 amide bonds. The van der Waals surface area contributed by atoms with Crippen LogP contribution in [0.2, 0.25) is 0 Å². The Hall–Kier alpha value is -0.170. The van der Waals surface area contributed by atoms with E-state index in [1.165, 1.54) is 6.26 Å². The molecule has 1 aliphatic rings. The summed E-state index contributed by atoms with van der Waals surface area (Å²) in [5.74, 6) is 0.367. The van der Waals surface area contributed by atoms with Gasteiger partial charge in [0.05, 0.1) is 12.4 Å². The zero-order valence-corrected chi connectivity index (χ0v) is 11.5. The van der Waals surface area contributed by atoms with Gasteiger partial charge in [0.15, 0.2) is 0 Å². The number of piperidine rings is 1. The van der Waals surface area contributed by atoms with Gasteiger partial charge in [-0.05, 0) is 45.2 Å². The van der Waals surface area contributed by atoms with E-state index >= 15 is 0 Å². The maximum Gasteiger partial charge on any atom is 0.208 e. The van der Waals surface area contributed by atoms with Gasteiger partial charge < -0.3 is 10.0 Å². The summed E-state index contributed by atoms with van der Waals surface area (Å²) in [6.07, 6.45) is 3.97. The average Bonchev–Trinajstić information content (AvgIpc) is 2.23. The van der Waals surface area contributed by atoms with Gasteiger partial charge in [-0.1, -0.05) is 0 Å². The van der Waals surface area contributed by atoms with Crippen LogP contribution >= 0.6 is 0 Å². The molecule has 1 fully saturated rings. The van der Waals surface area contributed by atoms with Crippen molar-refractivity contribution < 1.29 is 13.5 Å². The summed E-state index contributed by atoms with van der Waals surface area (Å²) in [5.41, 5.74) is 0. The van der Waals surface area contributed by atoms with Gasteiger partial charge in [-0.25, -0.2) is 13.1 Å². The van der Waals surface area contributed by atoms with E-state index in [0.29, 0.717) is 12.5 Å². The van der Waals surface area contributed by atoms with Crippen LogP contribution in [-0.2, 0) is 10.0 Å². The van der Waals surface area contributed by atoms with Crippen molar-refractivity contribution in [3.8, 4) is 0 Å². The maximum atomic E-state index is 10.9. The van der Waals surface area contributed by atoms with Crippen LogP contribution in [0, 0.1) is 5.92 Å². The number of rotatable bonds is 6. The highest BCUT2D eigenvalue weighted by atomic mass is 32.2. The summed E-state index contributed by atoms with van der Waals surface area (Å²) in [5, 5.41) is 9.55. The van der Waals surface area contributed by atoms with Crippen LogP contribution in [-0.4, -0.2) is 57.0 Å². The van der Waals surface area contributed by atoms with Crippen LogP contribution in [0.4, 0.5) is 0 Å². The van der Waals surface area contributed by atoms with Crippen LogP contribution < -0.4 is 4.72 Å². The van der Waals surface area contributed by atoms with Gasteiger partial charge in [-0.15, -0.1) is 0 Å². The Morgan fingerprint density at radius 3 is 2.82 bits per heavy atom. The highest BCUT2D eigenvalue weighted by molar-refractivity contribution is 7.88. The lowest BCUT2D eigenvalue weighted by Crippen LogP contribution is -2.40. The van der Waals surface area contributed by atoms with Gasteiger partial charge in [0, 0.05) is 13.1 Å². The van der Waals surface area contributed by atoms with E-state index in [4.69, 9.17) is 0 Å². The van der Waals surface area contributed by atoms with Gasteiger partial charge in [-0.2, -0.15) is 0 Å². The predicted octanol–water partition coefficient (Wildman–Crippen LogP) is 0.0185. The average molecular weight is 264 g/mol. The Labute approximate surface area is 104 Å². The molecule has 2 unspecified atom stereocenters. The maximum absolute atomic E-state index is 10.9. The minimum atomic E-state index is -3.06. The molecule has 102 valence electrons. The number of aliphatic hydroxyl groups is 1. The quantitative estimate of drug-likeness (QED) is 0.664. The molecule has 0 aromatic heterocycles. The lowest BCUT2D eigenvalue weighted by atomic mass is 9.93. The van der Waals surface area contributed by atoms with Gasteiger partial charge in [0.25, 0.3) is 0 Å². The summed E-state index contributed by atoms with van der Waals surface area (Å²) in [4.78, 5) is 2.31. The molecule has 0 spiro atoms. The smallest absolute Gasteiger partial charge is 0.208 e. The van der Waals surface area contributed by atoms with Gasteiger partial charge in [0.2, 0.25) is 10.0 Å². The monoisotopic (exact) mass is 264 g/mol. The first kappa shape index (κ1) is 14.9. The first-order chi connectivity index (χ1) is 7.88. The zero-order valence-electron chi connectivity index (χ0n) is 10.7. The summed E-state index contributed by atoms with van der Waals surface area (Å²) in [7, 11) is -3.06. The SMILES string of the molecule is CC(O)C1CCCN(CCCNS(C)(=O)=O)C1. The summed E-state index contributed by atoms with van der Waals surface area (Å²) in [6, 6.07) is 0. The molecular weight excluding hydrogens is 240 g/mol. The van der Waals surface area contributed by atoms with Crippen molar-refractivity contribution in [2.75, 3.05) is 32.4 Å². The first-order valence-corrected chi connectivity index (χ1v) is 8.12. The summed E-state index contributed by atoms with van der Waals surface area (Å²) < 4.78 is 24.2. The van der Waals surface area contributed by atoms with E-state index in [9.17, 15) is 13.5 Å². The number of aliphatic hydroxyl groups excluding tert-OH is 1. The molecule has 2 atom stereocenters. The van der Waals surface area contributed by atoms with Crippen molar-refractivity contribution in [3.05, 3.63) is 0 Å². The number of hydrogen-bond donors (Lipinski definition) is 2. The third-order valence-corrected chi connectivity index (χ3v) is 3.97. The van der Waals surface area contributed by atoms with Gasteiger partial charge in [0.1, 0.15) is 0 Å². The second-order valence-corrected chi connectivity index (χ2v) is 6.80. The predicted molar refractivity (Wildman–Crippen MR) is 68.3 cm³/mol. The minimum Gasteiger partial charge on any atom is -0.393 e. The Bertz CT molecular complexity index is 317. The molecule has 17 heavy (non-hydrogen) atoms. The fourth-order valence-corrected chi connectivity index (χ4v) is 2.76. The van der Waals surface area contributed by atoms with Crippen LogP contribution in [0.5, 0.6) is 0 Å². The molecule has 6 heteroatoms. The molecular formula is C11H24N2O3S. The number of nitrogens with zero attached hydrogens (tertiary/aromatic N) is 1. The van der Waals surface area contributed by atoms with E-state index in [0.717, 1.165) is 38.9 Å². The fourth-order valence-electron chi connectivity index (χ4n) is 2.25. The largest absolute Gasteiger partial charge is 0.393 e. The molecule has 0 saturated carbocycles. The Balaban J connectivity index is 2.19. The lowest BCUT2D eigenvalue weighted by Gasteiger charge is -2.34. The topological polar surface area (TPSA) is 69.6 Å². The molecule has 5 nitrogen and oxygen atoms in total. The molecule has 1 heterocycles. The van der Waals surface area contributed by atoms with Crippen molar-refractivity contribution >= 4 is 10.0 Å². The van der Waals surface area contributed by atoms with E-state index in [1.54, 1.807) is 0 Å². The van der Waals surface area contributed by atoms with E-state index in [2.05, 4.69) is 9.62 Å². The van der Waals surface area contributed by atoms with Crippen LogP contribution in [0.25, 0.3) is 0 Å². The van der Waals surface area contributed by atoms with Gasteiger partial charge >= 0.3 is 0 Å².